The Labute approximate surface area is 167 Å². The van der Waals surface area contributed by atoms with Gasteiger partial charge in [-0.25, -0.2) is 8.42 Å². The summed E-state index contributed by atoms with van der Waals surface area (Å²) in [6.45, 7) is 1.95. The Morgan fingerprint density at radius 1 is 1.03 bits per heavy atom. The smallest absolute Gasteiger partial charge is 0.264 e. The third-order valence-electron chi connectivity index (χ3n) is 4.43. The van der Waals surface area contributed by atoms with Crippen molar-refractivity contribution in [1.82, 2.24) is 15.3 Å². The first kappa shape index (κ1) is 18.9. The third-order valence-corrected chi connectivity index (χ3v) is 6.21. The van der Waals surface area contributed by atoms with Crippen molar-refractivity contribution in [2.24, 2.45) is 0 Å². The summed E-state index contributed by atoms with van der Waals surface area (Å²) in [5, 5.41) is 7.55. The molecule has 0 bridgehead atoms. The lowest BCUT2D eigenvalue weighted by Crippen LogP contribution is -2.26. The van der Waals surface area contributed by atoms with E-state index in [1.54, 1.807) is 30.3 Å². The Morgan fingerprint density at radius 3 is 2.55 bits per heavy atom. The summed E-state index contributed by atoms with van der Waals surface area (Å²) in [6.07, 6.45) is 1.87. The van der Waals surface area contributed by atoms with Crippen LogP contribution in [-0.2, 0) is 16.4 Å². The maximum atomic E-state index is 13.1. The summed E-state index contributed by atoms with van der Waals surface area (Å²) in [4.78, 5) is 4.45. The molecule has 0 aliphatic heterocycles. The lowest BCUT2D eigenvalue weighted by Gasteiger charge is -2.19. The van der Waals surface area contributed by atoms with Crippen molar-refractivity contribution in [1.29, 1.82) is 0 Å². The average Bonchev–Trinajstić information content (AvgIpc) is 3.41. The number of aryl methyl sites for hydroxylation is 1. The second-order valence-electron chi connectivity index (χ2n) is 6.51. The van der Waals surface area contributed by atoms with Gasteiger partial charge in [0.1, 0.15) is 5.76 Å². The Hall–Kier alpha value is -3.46. The predicted octanol–water partition coefficient (Wildman–Crippen LogP) is 3.45. The minimum atomic E-state index is -3.75. The van der Waals surface area contributed by atoms with Gasteiger partial charge in [0.2, 0.25) is 0 Å². The van der Waals surface area contributed by atoms with Gasteiger partial charge >= 0.3 is 0 Å². The van der Waals surface area contributed by atoms with Gasteiger partial charge in [-0.1, -0.05) is 34.1 Å². The number of hydrogen-bond acceptors (Lipinski definition) is 7. The number of benzene rings is 2. The van der Waals surface area contributed by atoms with Crippen molar-refractivity contribution in [3.63, 3.8) is 0 Å². The molecule has 0 amide bonds. The summed E-state index contributed by atoms with van der Waals surface area (Å²) in [6, 6.07) is 15.4. The SMILES string of the molecule is Cc1ccc(N(C)S(=O)(=O)c2cccc(-c3nc(Cc4ccno4)no3)c2)cc1. The molecule has 8 nitrogen and oxygen atoms in total. The zero-order valence-electron chi connectivity index (χ0n) is 15.8. The number of hydrogen-bond donors (Lipinski definition) is 0. The van der Waals surface area contributed by atoms with Gasteiger partial charge in [-0.05, 0) is 37.3 Å². The van der Waals surface area contributed by atoms with Crippen LogP contribution in [0.3, 0.4) is 0 Å². The predicted molar refractivity (Wildman–Crippen MR) is 106 cm³/mol. The van der Waals surface area contributed by atoms with E-state index in [2.05, 4.69) is 15.3 Å². The lowest BCUT2D eigenvalue weighted by molar-refractivity contribution is 0.382. The molecule has 0 atom stereocenters. The van der Waals surface area contributed by atoms with E-state index >= 15 is 0 Å². The van der Waals surface area contributed by atoms with E-state index in [1.807, 2.05) is 19.1 Å². The maximum Gasteiger partial charge on any atom is 0.264 e. The highest BCUT2D eigenvalue weighted by Crippen LogP contribution is 2.26. The average molecular weight is 410 g/mol. The largest absolute Gasteiger partial charge is 0.361 e. The molecule has 2 heterocycles. The first-order valence-corrected chi connectivity index (χ1v) is 10.3. The fourth-order valence-electron chi connectivity index (χ4n) is 2.77. The number of aromatic nitrogens is 3. The van der Waals surface area contributed by atoms with Crippen molar-refractivity contribution >= 4 is 15.7 Å². The second-order valence-corrected chi connectivity index (χ2v) is 8.48. The van der Waals surface area contributed by atoms with Gasteiger partial charge in [-0.2, -0.15) is 4.98 Å². The summed E-state index contributed by atoms with van der Waals surface area (Å²) in [5.74, 6) is 1.25. The molecule has 0 aliphatic carbocycles. The van der Waals surface area contributed by atoms with Crippen LogP contribution < -0.4 is 4.31 Å². The minimum absolute atomic E-state index is 0.132. The van der Waals surface area contributed by atoms with Gasteiger partial charge in [-0.15, -0.1) is 0 Å². The molecule has 4 rings (SSSR count). The lowest BCUT2D eigenvalue weighted by atomic mass is 10.2. The highest BCUT2D eigenvalue weighted by molar-refractivity contribution is 7.92. The van der Waals surface area contributed by atoms with Crippen molar-refractivity contribution in [2.75, 3.05) is 11.4 Å². The molecular formula is C20H18N4O4S. The molecule has 2 aromatic carbocycles. The first-order valence-electron chi connectivity index (χ1n) is 8.82. The van der Waals surface area contributed by atoms with E-state index in [4.69, 9.17) is 9.05 Å². The Morgan fingerprint density at radius 2 is 1.83 bits per heavy atom. The number of sulfonamides is 1. The van der Waals surface area contributed by atoms with Crippen LogP contribution in [0.15, 0.2) is 74.7 Å². The molecule has 9 heteroatoms. The summed E-state index contributed by atoms with van der Waals surface area (Å²) in [7, 11) is -2.23. The summed E-state index contributed by atoms with van der Waals surface area (Å²) in [5.41, 5.74) is 2.15. The minimum Gasteiger partial charge on any atom is -0.361 e. The van der Waals surface area contributed by atoms with Gasteiger partial charge in [0, 0.05) is 18.7 Å². The first-order chi connectivity index (χ1) is 13.9. The monoisotopic (exact) mass is 410 g/mol. The van der Waals surface area contributed by atoms with E-state index in [-0.39, 0.29) is 10.8 Å². The molecule has 0 saturated carbocycles. The van der Waals surface area contributed by atoms with E-state index in [0.29, 0.717) is 29.3 Å². The molecule has 2 aromatic heterocycles. The molecule has 0 aliphatic rings. The quantitative estimate of drug-likeness (QED) is 0.480. The van der Waals surface area contributed by atoms with Crippen molar-refractivity contribution in [3.8, 4) is 11.5 Å². The molecule has 0 radical (unpaired) electrons. The van der Waals surface area contributed by atoms with Crippen molar-refractivity contribution < 1.29 is 17.5 Å². The van der Waals surface area contributed by atoms with Crippen LogP contribution in [0, 0.1) is 6.92 Å². The normalized spacial score (nSPS) is 11.5. The number of rotatable bonds is 6. The van der Waals surface area contributed by atoms with Crippen LogP contribution in [0.1, 0.15) is 17.1 Å². The summed E-state index contributed by atoms with van der Waals surface area (Å²) < 4.78 is 37.7. The highest BCUT2D eigenvalue weighted by Gasteiger charge is 2.22. The second kappa shape index (κ2) is 7.51. The van der Waals surface area contributed by atoms with Crippen LogP contribution in [0.2, 0.25) is 0 Å². The molecule has 0 unspecified atom stereocenters. The zero-order chi connectivity index (χ0) is 20.4. The van der Waals surface area contributed by atoms with Gasteiger partial charge in [0.25, 0.3) is 15.9 Å². The van der Waals surface area contributed by atoms with Gasteiger partial charge < -0.3 is 9.05 Å². The van der Waals surface area contributed by atoms with E-state index in [0.717, 1.165) is 5.56 Å². The molecule has 4 aromatic rings. The fourth-order valence-corrected chi connectivity index (χ4v) is 4.02. The molecule has 0 N–H and O–H groups in total. The highest BCUT2D eigenvalue weighted by atomic mass is 32.2. The fraction of sp³-hybridized carbons (Fsp3) is 0.150. The van der Waals surface area contributed by atoms with Crippen molar-refractivity contribution in [3.05, 3.63) is 77.9 Å². The van der Waals surface area contributed by atoms with Crippen LogP contribution in [-0.4, -0.2) is 30.8 Å². The van der Waals surface area contributed by atoms with Crippen molar-refractivity contribution in [2.45, 2.75) is 18.2 Å². The Balaban J connectivity index is 1.61. The number of anilines is 1. The van der Waals surface area contributed by atoms with Crippen LogP contribution >= 0.6 is 0 Å². The maximum absolute atomic E-state index is 13.1. The Kier molecular flexibility index (Phi) is 4.89. The van der Waals surface area contributed by atoms with E-state index in [1.165, 1.54) is 29.7 Å². The van der Waals surface area contributed by atoms with Gasteiger partial charge in [-0.3, -0.25) is 4.31 Å². The van der Waals surface area contributed by atoms with Gasteiger partial charge in [0.15, 0.2) is 5.82 Å². The standard InChI is InChI=1S/C20H18N4O4S/c1-14-6-8-16(9-7-14)24(2)29(25,26)18-5-3-4-15(12-18)20-22-19(23-28-20)13-17-10-11-21-27-17/h3-12H,13H2,1-2H3. The topological polar surface area (TPSA) is 102 Å². The molecule has 148 valence electrons. The Bertz CT molecular complexity index is 1220. The zero-order valence-corrected chi connectivity index (χ0v) is 16.6. The van der Waals surface area contributed by atoms with Crippen LogP contribution in [0.4, 0.5) is 5.69 Å². The molecule has 0 spiro atoms. The van der Waals surface area contributed by atoms with E-state index in [9.17, 15) is 8.42 Å². The van der Waals surface area contributed by atoms with Crippen LogP contribution in [0.5, 0.6) is 0 Å². The van der Waals surface area contributed by atoms with E-state index < -0.39 is 10.0 Å². The van der Waals surface area contributed by atoms with Gasteiger partial charge in [0.05, 0.1) is 23.2 Å². The molecular weight excluding hydrogens is 392 g/mol. The summed E-state index contributed by atoms with van der Waals surface area (Å²) >= 11 is 0. The third kappa shape index (κ3) is 3.90. The van der Waals surface area contributed by atoms with Crippen LogP contribution in [0.25, 0.3) is 11.5 Å². The molecule has 0 fully saturated rings. The molecule has 0 saturated heterocycles. The molecule has 29 heavy (non-hydrogen) atoms. The number of nitrogens with zero attached hydrogens (tertiary/aromatic N) is 4.